The Labute approximate surface area is 115 Å². The van der Waals surface area contributed by atoms with Crippen molar-refractivity contribution in [1.29, 1.82) is 0 Å². The summed E-state index contributed by atoms with van der Waals surface area (Å²) in [6.07, 6.45) is 6.50. The van der Waals surface area contributed by atoms with Crippen LogP contribution in [-0.2, 0) is 11.2 Å². The molecule has 0 bridgehead atoms. The highest BCUT2D eigenvalue weighted by Crippen LogP contribution is 2.27. The third-order valence-electron chi connectivity index (χ3n) is 4.12. The van der Waals surface area contributed by atoms with Gasteiger partial charge in [-0.3, -0.25) is 4.79 Å². The van der Waals surface area contributed by atoms with Gasteiger partial charge < -0.3 is 11.1 Å². The number of nitrogens with two attached hydrogens (primary N) is 1. The molecular formula is C16H24N2O. The average molecular weight is 260 g/mol. The van der Waals surface area contributed by atoms with E-state index in [2.05, 4.69) is 12.2 Å². The molecule has 1 aliphatic rings. The zero-order valence-corrected chi connectivity index (χ0v) is 11.7. The van der Waals surface area contributed by atoms with Crippen molar-refractivity contribution in [2.45, 2.75) is 51.5 Å². The van der Waals surface area contributed by atoms with Gasteiger partial charge in [-0.2, -0.15) is 0 Å². The van der Waals surface area contributed by atoms with Crippen LogP contribution in [0.25, 0.3) is 0 Å². The van der Waals surface area contributed by atoms with Crippen molar-refractivity contribution in [2.75, 3.05) is 5.73 Å². The molecule has 3 N–H and O–H groups in total. The Hall–Kier alpha value is -1.51. The van der Waals surface area contributed by atoms with Crippen molar-refractivity contribution in [3.63, 3.8) is 0 Å². The number of benzene rings is 1. The third-order valence-corrected chi connectivity index (χ3v) is 4.12. The molecular weight excluding hydrogens is 236 g/mol. The van der Waals surface area contributed by atoms with E-state index >= 15 is 0 Å². The van der Waals surface area contributed by atoms with Gasteiger partial charge in [-0.15, -0.1) is 0 Å². The zero-order chi connectivity index (χ0) is 13.7. The zero-order valence-electron chi connectivity index (χ0n) is 11.7. The summed E-state index contributed by atoms with van der Waals surface area (Å²) in [5.41, 5.74) is 7.57. The highest BCUT2D eigenvalue weighted by atomic mass is 16.1. The van der Waals surface area contributed by atoms with E-state index in [9.17, 15) is 4.79 Å². The predicted octanol–water partition coefficient (Wildman–Crippen LogP) is 2.90. The van der Waals surface area contributed by atoms with E-state index in [4.69, 9.17) is 5.73 Å². The molecule has 3 heteroatoms. The van der Waals surface area contributed by atoms with Crippen molar-refractivity contribution in [1.82, 2.24) is 5.32 Å². The summed E-state index contributed by atoms with van der Waals surface area (Å²) in [7, 11) is 0. The van der Waals surface area contributed by atoms with Gasteiger partial charge in [0.15, 0.2) is 0 Å². The molecule has 0 heterocycles. The number of rotatable bonds is 5. The number of carbonyl (C=O) groups excluding carboxylic acids is 1. The molecule has 19 heavy (non-hydrogen) atoms. The number of anilines is 1. The second kappa shape index (κ2) is 6.60. The molecule has 0 saturated heterocycles. The number of amides is 1. The highest BCUT2D eigenvalue weighted by molar-refractivity contribution is 5.76. The first-order valence-electron chi connectivity index (χ1n) is 7.29. The normalized spacial score (nSPS) is 17.3. The van der Waals surface area contributed by atoms with Gasteiger partial charge in [-0.25, -0.2) is 0 Å². The Bertz CT molecular complexity index is 407. The summed E-state index contributed by atoms with van der Waals surface area (Å²) in [6.45, 7) is 2.14. The Morgan fingerprint density at radius 2 is 1.95 bits per heavy atom. The maximum absolute atomic E-state index is 11.9. The van der Waals surface area contributed by atoms with E-state index in [0.717, 1.165) is 17.7 Å². The smallest absolute Gasteiger partial charge is 0.220 e. The van der Waals surface area contributed by atoms with Crippen molar-refractivity contribution in [3.8, 4) is 0 Å². The largest absolute Gasteiger partial charge is 0.399 e. The molecule has 0 aliphatic heterocycles. The van der Waals surface area contributed by atoms with E-state index in [1.165, 1.54) is 25.7 Å². The summed E-state index contributed by atoms with van der Waals surface area (Å²) >= 11 is 0. The fourth-order valence-corrected chi connectivity index (χ4v) is 2.84. The van der Waals surface area contributed by atoms with Gasteiger partial charge in [0.25, 0.3) is 0 Å². The molecule has 3 nitrogen and oxygen atoms in total. The van der Waals surface area contributed by atoms with Gasteiger partial charge in [0.05, 0.1) is 0 Å². The second-order valence-electron chi connectivity index (χ2n) is 5.64. The molecule has 1 saturated carbocycles. The maximum Gasteiger partial charge on any atom is 0.220 e. The molecule has 1 aliphatic carbocycles. The Morgan fingerprint density at radius 1 is 1.32 bits per heavy atom. The lowest BCUT2D eigenvalue weighted by Crippen LogP contribution is -2.37. The summed E-state index contributed by atoms with van der Waals surface area (Å²) in [6, 6.07) is 8.07. The lowest BCUT2D eigenvalue weighted by molar-refractivity contribution is -0.122. The van der Waals surface area contributed by atoms with Crippen LogP contribution in [0.2, 0.25) is 0 Å². The monoisotopic (exact) mass is 260 g/mol. The van der Waals surface area contributed by atoms with E-state index in [0.29, 0.717) is 18.4 Å². The average Bonchev–Trinajstić information content (AvgIpc) is 2.92. The molecule has 1 amide bonds. The first-order chi connectivity index (χ1) is 9.15. The van der Waals surface area contributed by atoms with Crippen LogP contribution in [0.15, 0.2) is 24.3 Å². The molecule has 2 rings (SSSR count). The van der Waals surface area contributed by atoms with E-state index in [1.807, 2.05) is 24.3 Å². The van der Waals surface area contributed by atoms with E-state index in [1.54, 1.807) is 0 Å². The van der Waals surface area contributed by atoms with E-state index in [-0.39, 0.29) is 5.91 Å². The summed E-state index contributed by atoms with van der Waals surface area (Å²) < 4.78 is 0. The minimum Gasteiger partial charge on any atom is -0.399 e. The Morgan fingerprint density at radius 3 is 2.58 bits per heavy atom. The first kappa shape index (κ1) is 13.9. The number of aryl methyl sites for hydroxylation is 1. The standard InChI is InChI=1S/C16H24N2O/c1-12(14-4-2-3-5-14)18-16(19)11-8-13-6-9-15(17)10-7-13/h6-7,9-10,12,14H,2-5,8,11,17H2,1H3,(H,18,19). The molecule has 1 atom stereocenters. The van der Waals surface area contributed by atoms with Crippen LogP contribution in [0.1, 0.15) is 44.6 Å². The van der Waals surface area contributed by atoms with Gasteiger partial charge in [0, 0.05) is 18.2 Å². The molecule has 1 aromatic rings. The van der Waals surface area contributed by atoms with Crippen LogP contribution < -0.4 is 11.1 Å². The van der Waals surface area contributed by atoms with Crippen LogP contribution in [0, 0.1) is 5.92 Å². The minimum absolute atomic E-state index is 0.163. The van der Waals surface area contributed by atoms with Crippen LogP contribution in [0.4, 0.5) is 5.69 Å². The maximum atomic E-state index is 11.9. The number of nitrogens with one attached hydrogen (secondary N) is 1. The molecule has 0 aromatic heterocycles. The summed E-state index contributed by atoms with van der Waals surface area (Å²) in [5.74, 6) is 0.844. The van der Waals surface area contributed by atoms with Crippen LogP contribution in [0.5, 0.6) is 0 Å². The third kappa shape index (κ3) is 4.27. The van der Waals surface area contributed by atoms with Crippen molar-refractivity contribution in [2.24, 2.45) is 5.92 Å². The molecule has 104 valence electrons. The number of nitrogen functional groups attached to an aromatic ring is 1. The molecule has 0 spiro atoms. The molecule has 0 radical (unpaired) electrons. The van der Waals surface area contributed by atoms with Gasteiger partial charge in [0.2, 0.25) is 5.91 Å². The highest BCUT2D eigenvalue weighted by Gasteiger charge is 2.22. The summed E-state index contributed by atoms with van der Waals surface area (Å²) in [5, 5.41) is 3.14. The van der Waals surface area contributed by atoms with Gasteiger partial charge >= 0.3 is 0 Å². The topological polar surface area (TPSA) is 55.1 Å². The minimum atomic E-state index is 0.163. The van der Waals surface area contributed by atoms with Crippen LogP contribution in [0.3, 0.4) is 0 Å². The molecule has 1 aromatic carbocycles. The van der Waals surface area contributed by atoms with Gasteiger partial charge in [-0.1, -0.05) is 25.0 Å². The predicted molar refractivity (Wildman–Crippen MR) is 78.7 cm³/mol. The fourth-order valence-electron chi connectivity index (χ4n) is 2.84. The second-order valence-corrected chi connectivity index (χ2v) is 5.64. The number of carbonyl (C=O) groups is 1. The number of hydrogen-bond donors (Lipinski definition) is 2. The Kier molecular flexibility index (Phi) is 4.83. The lowest BCUT2D eigenvalue weighted by atomic mass is 9.99. The van der Waals surface area contributed by atoms with Crippen molar-refractivity contribution < 1.29 is 4.79 Å². The van der Waals surface area contributed by atoms with Crippen molar-refractivity contribution >= 4 is 11.6 Å². The Balaban J connectivity index is 1.73. The van der Waals surface area contributed by atoms with Crippen LogP contribution in [-0.4, -0.2) is 11.9 Å². The lowest BCUT2D eigenvalue weighted by Gasteiger charge is -2.20. The first-order valence-corrected chi connectivity index (χ1v) is 7.29. The van der Waals surface area contributed by atoms with Gasteiger partial charge in [0.1, 0.15) is 0 Å². The van der Waals surface area contributed by atoms with E-state index < -0.39 is 0 Å². The molecule has 1 unspecified atom stereocenters. The quantitative estimate of drug-likeness (QED) is 0.800. The van der Waals surface area contributed by atoms with Crippen LogP contribution >= 0.6 is 0 Å². The fraction of sp³-hybridized carbons (Fsp3) is 0.562. The van der Waals surface area contributed by atoms with Gasteiger partial charge in [-0.05, 0) is 49.8 Å². The SMILES string of the molecule is CC(NC(=O)CCc1ccc(N)cc1)C1CCCC1. The number of hydrogen-bond acceptors (Lipinski definition) is 2. The summed E-state index contributed by atoms with van der Waals surface area (Å²) in [4.78, 5) is 11.9. The molecule has 1 fully saturated rings. The van der Waals surface area contributed by atoms with Crippen molar-refractivity contribution in [3.05, 3.63) is 29.8 Å².